The maximum Gasteiger partial charge on any atom is 0.0468 e. The first-order valence-corrected chi connectivity index (χ1v) is 13.5. The number of anilines is 3. The van der Waals surface area contributed by atoms with Gasteiger partial charge in [0, 0.05) is 17.1 Å². The molecule has 180 valence electrons. The lowest BCUT2D eigenvalue weighted by Gasteiger charge is -2.26. The predicted octanol–water partition coefficient (Wildman–Crippen LogP) is 10.8. The van der Waals surface area contributed by atoms with E-state index in [1.807, 2.05) is 0 Å². The fourth-order valence-electron chi connectivity index (χ4n) is 6.97. The first kappa shape index (κ1) is 20.9. The molecule has 0 fully saturated rings. The molecule has 0 atom stereocenters. The Morgan fingerprint density at radius 1 is 0.308 bits per heavy atom. The summed E-state index contributed by atoms with van der Waals surface area (Å²) >= 11 is 0. The van der Waals surface area contributed by atoms with E-state index in [1.54, 1.807) is 0 Å². The molecule has 0 saturated heterocycles. The molecule has 2 aliphatic carbocycles. The topological polar surface area (TPSA) is 3.24 Å². The first-order valence-electron chi connectivity index (χ1n) is 13.5. The summed E-state index contributed by atoms with van der Waals surface area (Å²) in [6, 6.07) is 50.9. The monoisotopic (exact) mass is 493 g/mol. The second-order valence-corrected chi connectivity index (χ2v) is 10.5. The number of fused-ring (bicyclic) bond motifs is 9. The minimum atomic E-state index is 1.15. The van der Waals surface area contributed by atoms with E-state index in [1.165, 1.54) is 71.7 Å². The highest BCUT2D eigenvalue weighted by atomic mass is 15.1. The van der Waals surface area contributed by atoms with Gasteiger partial charge in [0.25, 0.3) is 0 Å². The Morgan fingerprint density at radius 2 is 0.769 bits per heavy atom. The van der Waals surface area contributed by atoms with E-state index < -0.39 is 0 Å². The van der Waals surface area contributed by atoms with Gasteiger partial charge in [-0.2, -0.15) is 0 Å². The van der Waals surface area contributed by atoms with Gasteiger partial charge in [-0.15, -0.1) is 0 Å². The Kier molecular flexibility index (Phi) is 4.11. The predicted molar refractivity (Wildman–Crippen MR) is 165 cm³/mol. The number of rotatable bonds is 3. The van der Waals surface area contributed by atoms with Crippen LogP contribution in [0.3, 0.4) is 0 Å². The van der Waals surface area contributed by atoms with Gasteiger partial charge in [0.15, 0.2) is 0 Å². The molecular weight excluding hydrogens is 470 g/mol. The maximum atomic E-state index is 2.39. The Morgan fingerprint density at radius 3 is 1.38 bits per heavy atom. The molecule has 1 heteroatoms. The molecule has 7 aromatic rings. The fraction of sp³-hybridized carbons (Fsp3) is 0. The fourth-order valence-corrected chi connectivity index (χ4v) is 6.97. The van der Waals surface area contributed by atoms with Crippen molar-refractivity contribution in [2.24, 2.45) is 0 Å². The Labute approximate surface area is 227 Å². The molecule has 0 saturated carbocycles. The molecule has 0 aromatic heterocycles. The molecule has 0 unspecified atom stereocenters. The normalized spacial score (nSPS) is 12.1. The summed E-state index contributed by atoms with van der Waals surface area (Å²) in [7, 11) is 0. The summed E-state index contributed by atoms with van der Waals surface area (Å²) in [6.07, 6.45) is 0. The highest BCUT2D eigenvalue weighted by Gasteiger charge is 2.32. The summed E-state index contributed by atoms with van der Waals surface area (Å²) in [5, 5.41) is 5.48. The van der Waals surface area contributed by atoms with Crippen LogP contribution < -0.4 is 4.90 Å². The molecule has 0 N–H and O–H groups in total. The van der Waals surface area contributed by atoms with Crippen LogP contribution in [0.4, 0.5) is 17.1 Å². The summed E-state index contributed by atoms with van der Waals surface area (Å²) in [6.45, 7) is 0. The Hall–Kier alpha value is -5.14. The molecule has 0 radical (unpaired) electrons. The van der Waals surface area contributed by atoms with Crippen LogP contribution in [-0.2, 0) is 0 Å². The third kappa shape index (κ3) is 2.74. The molecule has 0 aliphatic heterocycles. The van der Waals surface area contributed by atoms with Crippen LogP contribution in [0.25, 0.3) is 66.1 Å². The van der Waals surface area contributed by atoms with Crippen LogP contribution in [0.1, 0.15) is 0 Å². The minimum absolute atomic E-state index is 1.15. The molecule has 1 nitrogen and oxygen atoms in total. The zero-order valence-electron chi connectivity index (χ0n) is 21.2. The molecule has 39 heavy (non-hydrogen) atoms. The van der Waals surface area contributed by atoms with Crippen molar-refractivity contribution in [3.63, 3.8) is 0 Å². The quantitative estimate of drug-likeness (QED) is 0.221. The van der Waals surface area contributed by atoms with Gasteiger partial charge in [-0.25, -0.2) is 0 Å². The van der Waals surface area contributed by atoms with Crippen molar-refractivity contribution in [2.45, 2.75) is 0 Å². The number of para-hydroxylation sites is 2. The van der Waals surface area contributed by atoms with E-state index in [4.69, 9.17) is 0 Å². The molecule has 0 heterocycles. The lowest BCUT2D eigenvalue weighted by Crippen LogP contribution is -2.09. The molecule has 2 aliphatic rings. The zero-order valence-corrected chi connectivity index (χ0v) is 21.2. The van der Waals surface area contributed by atoms with E-state index in [0.717, 1.165) is 11.4 Å². The minimum Gasteiger partial charge on any atom is -0.310 e. The SMILES string of the molecule is c1ccc(N(c2ccccc2)c2ccc3c(c2)-c2ccc4c5c(c6ccccc6c-3c25)-c2ccccc2-4)cc1. The first-order chi connectivity index (χ1) is 19.4. The van der Waals surface area contributed by atoms with Gasteiger partial charge in [-0.05, 0) is 102 Å². The van der Waals surface area contributed by atoms with Crippen molar-refractivity contribution in [1.82, 2.24) is 0 Å². The third-order valence-corrected chi connectivity index (χ3v) is 8.51. The highest BCUT2D eigenvalue weighted by molar-refractivity contribution is 6.34. The summed E-state index contributed by atoms with van der Waals surface area (Å²) in [5.41, 5.74) is 14.3. The second-order valence-electron chi connectivity index (χ2n) is 10.5. The second kappa shape index (κ2) is 7.69. The summed E-state index contributed by atoms with van der Waals surface area (Å²) in [5.74, 6) is 0. The molecule has 9 rings (SSSR count). The highest BCUT2D eigenvalue weighted by Crippen LogP contribution is 2.59. The summed E-state index contributed by atoms with van der Waals surface area (Å²) in [4.78, 5) is 2.35. The molecule has 0 bridgehead atoms. The smallest absolute Gasteiger partial charge is 0.0468 e. The van der Waals surface area contributed by atoms with Gasteiger partial charge in [0.2, 0.25) is 0 Å². The van der Waals surface area contributed by atoms with Crippen LogP contribution in [0.5, 0.6) is 0 Å². The number of nitrogens with zero attached hydrogens (tertiary/aromatic N) is 1. The van der Waals surface area contributed by atoms with E-state index in [-0.39, 0.29) is 0 Å². The van der Waals surface area contributed by atoms with Crippen molar-refractivity contribution in [3.05, 3.63) is 140 Å². The van der Waals surface area contributed by atoms with Crippen molar-refractivity contribution in [3.8, 4) is 44.5 Å². The van der Waals surface area contributed by atoms with Crippen LogP contribution in [0.15, 0.2) is 140 Å². The zero-order chi connectivity index (χ0) is 25.5. The Bertz CT molecular complexity index is 2070. The van der Waals surface area contributed by atoms with Crippen molar-refractivity contribution < 1.29 is 0 Å². The number of hydrogen-bond acceptors (Lipinski definition) is 1. The standard InChI is InChI=1S/C38H23N/c1-3-11-24(12-4-1)39(25-13-5-2-6-14-25)26-19-20-32-34(23-26)33-22-21-31-27-15-7-8-16-28(27)35-29-17-9-10-18-30(29)36(32)38(33)37(31)35/h1-23H. The van der Waals surface area contributed by atoms with Gasteiger partial charge in [0.05, 0.1) is 0 Å². The van der Waals surface area contributed by atoms with E-state index in [2.05, 4.69) is 144 Å². The largest absolute Gasteiger partial charge is 0.310 e. The van der Waals surface area contributed by atoms with Crippen molar-refractivity contribution in [1.29, 1.82) is 0 Å². The van der Waals surface area contributed by atoms with Crippen molar-refractivity contribution >= 4 is 38.6 Å². The average Bonchev–Trinajstić information content (AvgIpc) is 3.52. The van der Waals surface area contributed by atoms with Gasteiger partial charge >= 0.3 is 0 Å². The molecule has 0 amide bonds. The van der Waals surface area contributed by atoms with Gasteiger partial charge in [0.1, 0.15) is 0 Å². The lowest BCUT2D eigenvalue weighted by atomic mass is 9.90. The van der Waals surface area contributed by atoms with Crippen molar-refractivity contribution in [2.75, 3.05) is 4.90 Å². The maximum absolute atomic E-state index is 2.39. The third-order valence-electron chi connectivity index (χ3n) is 8.51. The van der Waals surface area contributed by atoms with E-state index >= 15 is 0 Å². The van der Waals surface area contributed by atoms with Crippen LogP contribution >= 0.6 is 0 Å². The van der Waals surface area contributed by atoms with Gasteiger partial charge in [-0.1, -0.05) is 103 Å². The molecule has 7 aromatic carbocycles. The number of benzene rings is 7. The van der Waals surface area contributed by atoms with Gasteiger partial charge < -0.3 is 4.90 Å². The number of hydrogen-bond donors (Lipinski definition) is 0. The summed E-state index contributed by atoms with van der Waals surface area (Å²) < 4.78 is 0. The molecular formula is C38H23N. The average molecular weight is 494 g/mol. The van der Waals surface area contributed by atoms with E-state index in [9.17, 15) is 0 Å². The van der Waals surface area contributed by atoms with Gasteiger partial charge in [-0.3, -0.25) is 0 Å². The van der Waals surface area contributed by atoms with E-state index in [0.29, 0.717) is 0 Å². The van der Waals surface area contributed by atoms with Crippen LogP contribution in [0.2, 0.25) is 0 Å². The van der Waals surface area contributed by atoms with Crippen LogP contribution in [0, 0.1) is 0 Å². The molecule has 0 spiro atoms. The lowest BCUT2D eigenvalue weighted by molar-refractivity contribution is 1.28. The Balaban J connectivity index is 1.36. The van der Waals surface area contributed by atoms with Crippen LogP contribution in [-0.4, -0.2) is 0 Å².